The SMILES string of the molecule is CC1CCN(C(N)=NCCCOC2CCCC2)CC1.I. The Morgan fingerprint density at radius 1 is 1.20 bits per heavy atom. The van der Waals surface area contributed by atoms with Crippen LogP contribution >= 0.6 is 24.0 Å². The first kappa shape index (κ1) is 18.0. The molecule has 0 aromatic rings. The molecule has 0 aromatic heterocycles. The van der Waals surface area contributed by atoms with E-state index >= 15 is 0 Å². The first-order chi connectivity index (χ1) is 9.25. The minimum Gasteiger partial charge on any atom is -0.378 e. The number of rotatable bonds is 5. The summed E-state index contributed by atoms with van der Waals surface area (Å²) in [6.07, 6.45) is 9.15. The summed E-state index contributed by atoms with van der Waals surface area (Å²) in [6.45, 7) is 6.07. The van der Waals surface area contributed by atoms with Crippen molar-refractivity contribution in [3.8, 4) is 0 Å². The molecule has 4 nitrogen and oxygen atoms in total. The van der Waals surface area contributed by atoms with E-state index < -0.39 is 0 Å². The average molecular weight is 395 g/mol. The van der Waals surface area contributed by atoms with E-state index in [4.69, 9.17) is 10.5 Å². The van der Waals surface area contributed by atoms with Gasteiger partial charge in [-0.3, -0.25) is 4.99 Å². The van der Waals surface area contributed by atoms with Gasteiger partial charge in [-0.15, -0.1) is 24.0 Å². The highest BCUT2D eigenvalue weighted by atomic mass is 127. The highest BCUT2D eigenvalue weighted by Crippen LogP contribution is 2.20. The van der Waals surface area contributed by atoms with Crippen molar-refractivity contribution in [2.75, 3.05) is 26.2 Å². The highest BCUT2D eigenvalue weighted by Gasteiger charge is 2.17. The van der Waals surface area contributed by atoms with E-state index in [1.54, 1.807) is 0 Å². The third-order valence-electron chi connectivity index (χ3n) is 4.34. The number of hydrogen-bond donors (Lipinski definition) is 1. The fraction of sp³-hybridized carbons (Fsp3) is 0.933. The lowest BCUT2D eigenvalue weighted by atomic mass is 10.00. The second-order valence-corrected chi connectivity index (χ2v) is 6.04. The molecule has 0 atom stereocenters. The van der Waals surface area contributed by atoms with Gasteiger partial charge in [-0.05, 0) is 38.0 Å². The van der Waals surface area contributed by atoms with E-state index in [2.05, 4.69) is 16.8 Å². The number of likely N-dealkylation sites (tertiary alicyclic amines) is 1. The Labute approximate surface area is 140 Å². The Morgan fingerprint density at radius 2 is 1.85 bits per heavy atom. The fourth-order valence-corrected chi connectivity index (χ4v) is 2.90. The Morgan fingerprint density at radius 3 is 2.50 bits per heavy atom. The summed E-state index contributed by atoms with van der Waals surface area (Å²) in [7, 11) is 0. The molecule has 5 heteroatoms. The van der Waals surface area contributed by atoms with Crippen LogP contribution in [0.5, 0.6) is 0 Å². The third kappa shape index (κ3) is 6.16. The van der Waals surface area contributed by atoms with Gasteiger partial charge in [0.2, 0.25) is 0 Å². The zero-order valence-corrected chi connectivity index (χ0v) is 15.1. The zero-order valence-electron chi connectivity index (χ0n) is 12.7. The van der Waals surface area contributed by atoms with Gasteiger partial charge in [0.05, 0.1) is 6.10 Å². The molecule has 1 saturated heterocycles. The predicted molar refractivity (Wildman–Crippen MR) is 94.7 cm³/mol. The quantitative estimate of drug-likeness (QED) is 0.337. The number of ether oxygens (including phenoxy) is 1. The molecule has 2 N–H and O–H groups in total. The van der Waals surface area contributed by atoms with Gasteiger partial charge in [0.15, 0.2) is 5.96 Å². The molecule has 1 aliphatic heterocycles. The standard InChI is InChI=1S/C15H29N3O.HI/c1-13-7-10-18(11-8-13)15(16)17-9-4-12-19-14-5-2-3-6-14;/h13-14H,2-12H2,1H3,(H2,16,17);1H. The van der Waals surface area contributed by atoms with Crippen LogP contribution in [0.15, 0.2) is 4.99 Å². The maximum absolute atomic E-state index is 6.03. The van der Waals surface area contributed by atoms with Crippen LogP contribution in [-0.2, 0) is 4.74 Å². The summed E-state index contributed by atoms with van der Waals surface area (Å²) >= 11 is 0. The molecule has 118 valence electrons. The maximum Gasteiger partial charge on any atom is 0.191 e. The second-order valence-electron chi connectivity index (χ2n) is 6.04. The van der Waals surface area contributed by atoms with Crippen molar-refractivity contribution < 1.29 is 4.74 Å². The molecule has 1 saturated carbocycles. The minimum absolute atomic E-state index is 0. The lowest BCUT2D eigenvalue weighted by Gasteiger charge is -2.31. The number of halogens is 1. The molecule has 0 radical (unpaired) electrons. The van der Waals surface area contributed by atoms with Crippen molar-refractivity contribution in [1.29, 1.82) is 0 Å². The molecule has 0 bridgehead atoms. The number of aliphatic imine (C=N–C) groups is 1. The van der Waals surface area contributed by atoms with Gasteiger partial charge in [-0.1, -0.05) is 19.8 Å². The van der Waals surface area contributed by atoms with Gasteiger partial charge < -0.3 is 15.4 Å². The Bertz CT molecular complexity index is 285. The highest BCUT2D eigenvalue weighted by molar-refractivity contribution is 14.0. The van der Waals surface area contributed by atoms with Crippen LogP contribution in [0.4, 0.5) is 0 Å². The number of hydrogen-bond acceptors (Lipinski definition) is 2. The molecule has 2 aliphatic rings. The minimum atomic E-state index is 0. The van der Waals surface area contributed by atoms with Gasteiger partial charge in [-0.25, -0.2) is 0 Å². The van der Waals surface area contributed by atoms with Crippen LogP contribution in [0.1, 0.15) is 51.9 Å². The Hall–Kier alpha value is -0.0400. The zero-order chi connectivity index (χ0) is 13.5. The molecule has 0 aromatic carbocycles. The molecule has 0 spiro atoms. The van der Waals surface area contributed by atoms with Crippen LogP contribution in [0, 0.1) is 5.92 Å². The topological polar surface area (TPSA) is 50.8 Å². The summed E-state index contributed by atoms with van der Waals surface area (Å²) in [4.78, 5) is 6.70. The summed E-state index contributed by atoms with van der Waals surface area (Å²) in [5.41, 5.74) is 6.03. The van der Waals surface area contributed by atoms with E-state index in [0.29, 0.717) is 6.10 Å². The molecular formula is C15H30IN3O. The van der Waals surface area contributed by atoms with Crippen LogP contribution in [0.25, 0.3) is 0 Å². The van der Waals surface area contributed by atoms with Crippen molar-refractivity contribution >= 4 is 29.9 Å². The molecule has 0 unspecified atom stereocenters. The van der Waals surface area contributed by atoms with E-state index in [-0.39, 0.29) is 24.0 Å². The van der Waals surface area contributed by atoms with Gasteiger partial charge in [-0.2, -0.15) is 0 Å². The summed E-state index contributed by atoms with van der Waals surface area (Å²) in [6, 6.07) is 0. The normalized spacial score (nSPS) is 22.1. The van der Waals surface area contributed by atoms with Crippen molar-refractivity contribution in [2.24, 2.45) is 16.6 Å². The van der Waals surface area contributed by atoms with Crippen LogP contribution < -0.4 is 5.73 Å². The van der Waals surface area contributed by atoms with Gasteiger partial charge in [0, 0.05) is 26.2 Å². The number of nitrogens with zero attached hydrogens (tertiary/aromatic N) is 2. The van der Waals surface area contributed by atoms with Crippen molar-refractivity contribution in [3.63, 3.8) is 0 Å². The van der Waals surface area contributed by atoms with E-state index in [1.807, 2.05) is 0 Å². The second kappa shape index (κ2) is 9.82. The number of piperidine rings is 1. The van der Waals surface area contributed by atoms with Gasteiger partial charge >= 0.3 is 0 Å². The van der Waals surface area contributed by atoms with Gasteiger partial charge in [0.1, 0.15) is 0 Å². The lowest BCUT2D eigenvalue weighted by Crippen LogP contribution is -2.42. The van der Waals surface area contributed by atoms with Crippen molar-refractivity contribution in [3.05, 3.63) is 0 Å². The van der Waals surface area contributed by atoms with Crippen LogP contribution in [-0.4, -0.2) is 43.2 Å². The molecule has 2 fully saturated rings. The average Bonchev–Trinajstić information content (AvgIpc) is 2.92. The first-order valence-electron chi connectivity index (χ1n) is 7.92. The Kier molecular flexibility index (Phi) is 8.84. The first-order valence-corrected chi connectivity index (χ1v) is 7.92. The van der Waals surface area contributed by atoms with Crippen LogP contribution in [0.3, 0.4) is 0 Å². The summed E-state index contributed by atoms with van der Waals surface area (Å²) in [5, 5.41) is 0. The lowest BCUT2D eigenvalue weighted by molar-refractivity contribution is 0.0579. The third-order valence-corrected chi connectivity index (χ3v) is 4.34. The molecular weight excluding hydrogens is 365 g/mol. The Balaban J connectivity index is 0.00000200. The summed E-state index contributed by atoms with van der Waals surface area (Å²) in [5.74, 6) is 1.57. The molecule has 1 aliphatic carbocycles. The number of nitrogens with two attached hydrogens (primary N) is 1. The fourth-order valence-electron chi connectivity index (χ4n) is 2.90. The molecule has 1 heterocycles. The molecule has 20 heavy (non-hydrogen) atoms. The monoisotopic (exact) mass is 395 g/mol. The van der Waals surface area contributed by atoms with E-state index in [0.717, 1.165) is 44.5 Å². The predicted octanol–water partition coefficient (Wildman–Crippen LogP) is 3.00. The summed E-state index contributed by atoms with van der Waals surface area (Å²) < 4.78 is 5.82. The molecule has 0 amide bonds. The maximum atomic E-state index is 6.03. The van der Waals surface area contributed by atoms with Crippen LogP contribution in [0.2, 0.25) is 0 Å². The molecule has 2 rings (SSSR count). The van der Waals surface area contributed by atoms with Gasteiger partial charge in [0.25, 0.3) is 0 Å². The van der Waals surface area contributed by atoms with E-state index in [9.17, 15) is 0 Å². The number of guanidine groups is 1. The van der Waals surface area contributed by atoms with Crippen molar-refractivity contribution in [2.45, 2.75) is 58.0 Å². The largest absolute Gasteiger partial charge is 0.378 e. The smallest absolute Gasteiger partial charge is 0.191 e. The van der Waals surface area contributed by atoms with Crippen molar-refractivity contribution in [1.82, 2.24) is 4.90 Å². The van der Waals surface area contributed by atoms with E-state index in [1.165, 1.54) is 38.5 Å².